The summed E-state index contributed by atoms with van der Waals surface area (Å²) >= 11 is 5.88. The van der Waals surface area contributed by atoms with Crippen molar-refractivity contribution in [2.75, 3.05) is 37.3 Å². The molecule has 1 atom stereocenters. The molecule has 0 aliphatic carbocycles. The number of carbonyl (C=O) groups is 1. The van der Waals surface area contributed by atoms with Gasteiger partial charge in [0.05, 0.1) is 11.4 Å². The van der Waals surface area contributed by atoms with Crippen LogP contribution in [0.1, 0.15) is 19.3 Å². The second-order valence-electron chi connectivity index (χ2n) is 5.52. The molecule has 0 radical (unpaired) electrons. The quantitative estimate of drug-likeness (QED) is 0.702. The van der Waals surface area contributed by atoms with E-state index < -0.39 is 0 Å². The van der Waals surface area contributed by atoms with E-state index >= 15 is 0 Å². The number of carbonyl (C=O) groups excluding carboxylic acids is 1. The fourth-order valence-corrected chi connectivity index (χ4v) is 2.75. The summed E-state index contributed by atoms with van der Waals surface area (Å²) in [7, 11) is 0. The average Bonchev–Trinajstić information content (AvgIpc) is 2.91. The molecule has 1 aromatic rings. The molecule has 1 aromatic carbocycles. The molecule has 1 fully saturated rings. The Morgan fingerprint density at radius 1 is 1.52 bits per heavy atom. The Bertz CT molecular complexity index is 496. The molecule has 1 heterocycles. The molecule has 5 nitrogen and oxygen atoms in total. The number of hydrogen-bond acceptors (Lipinski definition) is 4. The summed E-state index contributed by atoms with van der Waals surface area (Å²) in [5.74, 6) is 0.340. The molecule has 4 N–H and O–H groups in total. The van der Waals surface area contributed by atoms with Crippen LogP contribution in [0.25, 0.3) is 0 Å². The van der Waals surface area contributed by atoms with Crippen molar-refractivity contribution >= 4 is 28.9 Å². The number of hydrogen-bond donors (Lipinski definition) is 3. The highest BCUT2D eigenvalue weighted by Crippen LogP contribution is 2.23. The zero-order chi connectivity index (χ0) is 15.2. The lowest BCUT2D eigenvalue weighted by Gasteiger charge is -2.15. The fraction of sp³-hybridized carbons (Fsp3) is 0.533. The zero-order valence-electron chi connectivity index (χ0n) is 12.0. The SMILES string of the molecule is Nc1ccc(Cl)cc1NC(=O)CCCN1CCC(CO)C1. The molecule has 6 heteroatoms. The monoisotopic (exact) mass is 311 g/mol. The first kappa shape index (κ1) is 16.1. The van der Waals surface area contributed by atoms with E-state index in [2.05, 4.69) is 10.2 Å². The van der Waals surface area contributed by atoms with E-state index in [1.54, 1.807) is 18.2 Å². The summed E-state index contributed by atoms with van der Waals surface area (Å²) in [4.78, 5) is 14.2. The third kappa shape index (κ3) is 4.88. The van der Waals surface area contributed by atoms with E-state index in [-0.39, 0.29) is 12.5 Å². The minimum atomic E-state index is -0.0538. The van der Waals surface area contributed by atoms with Gasteiger partial charge in [-0.05, 0) is 50.0 Å². The van der Waals surface area contributed by atoms with Gasteiger partial charge in [0.25, 0.3) is 0 Å². The number of nitrogens with one attached hydrogen (secondary N) is 1. The highest BCUT2D eigenvalue weighted by atomic mass is 35.5. The molecule has 21 heavy (non-hydrogen) atoms. The van der Waals surface area contributed by atoms with Crippen LogP contribution < -0.4 is 11.1 Å². The number of rotatable bonds is 6. The van der Waals surface area contributed by atoms with Gasteiger partial charge in [0.1, 0.15) is 0 Å². The van der Waals surface area contributed by atoms with Gasteiger partial charge in [-0.1, -0.05) is 11.6 Å². The van der Waals surface area contributed by atoms with Gasteiger partial charge in [-0.2, -0.15) is 0 Å². The highest BCUT2D eigenvalue weighted by Gasteiger charge is 2.21. The minimum absolute atomic E-state index is 0.0538. The maximum atomic E-state index is 11.9. The maximum absolute atomic E-state index is 11.9. The molecule has 1 aliphatic rings. The smallest absolute Gasteiger partial charge is 0.224 e. The van der Waals surface area contributed by atoms with Crippen molar-refractivity contribution in [3.63, 3.8) is 0 Å². The molecular weight excluding hydrogens is 290 g/mol. The summed E-state index contributed by atoms with van der Waals surface area (Å²) in [6.45, 7) is 3.08. The van der Waals surface area contributed by atoms with Crippen LogP contribution in [0.3, 0.4) is 0 Å². The van der Waals surface area contributed by atoms with E-state index in [0.29, 0.717) is 28.7 Å². The topological polar surface area (TPSA) is 78.6 Å². The molecule has 0 aromatic heterocycles. The molecule has 0 spiro atoms. The lowest BCUT2D eigenvalue weighted by atomic mass is 10.1. The Kier molecular flexibility index (Phi) is 5.85. The Balaban J connectivity index is 1.71. The number of halogens is 1. The summed E-state index contributed by atoms with van der Waals surface area (Å²) in [5.41, 5.74) is 6.87. The number of nitrogen functional groups attached to an aromatic ring is 1. The molecule has 0 saturated carbocycles. The standard InChI is InChI=1S/C15H22ClN3O2/c16-12-3-4-13(17)14(8-12)18-15(21)2-1-6-19-7-5-11(9-19)10-20/h3-4,8,11,20H,1-2,5-7,9-10,17H2,(H,18,21). The van der Waals surface area contributed by atoms with Crippen LogP contribution >= 0.6 is 11.6 Å². The molecule has 1 saturated heterocycles. The summed E-state index contributed by atoms with van der Waals surface area (Å²) < 4.78 is 0. The third-order valence-corrected chi connectivity index (χ3v) is 4.03. The van der Waals surface area contributed by atoms with Crippen LogP contribution in [-0.2, 0) is 4.79 Å². The molecule has 1 unspecified atom stereocenters. The fourth-order valence-electron chi connectivity index (χ4n) is 2.58. The molecule has 2 rings (SSSR count). The summed E-state index contributed by atoms with van der Waals surface area (Å²) in [5, 5.41) is 12.4. The highest BCUT2D eigenvalue weighted by molar-refractivity contribution is 6.31. The number of aliphatic hydroxyl groups excluding tert-OH is 1. The predicted molar refractivity (Wildman–Crippen MR) is 85.4 cm³/mol. The van der Waals surface area contributed by atoms with Crippen molar-refractivity contribution in [2.24, 2.45) is 5.92 Å². The molecule has 1 aliphatic heterocycles. The van der Waals surface area contributed by atoms with Crippen molar-refractivity contribution in [1.82, 2.24) is 4.90 Å². The van der Waals surface area contributed by atoms with E-state index in [0.717, 1.165) is 32.5 Å². The van der Waals surface area contributed by atoms with Crippen molar-refractivity contribution in [3.05, 3.63) is 23.2 Å². The van der Waals surface area contributed by atoms with Crippen molar-refractivity contribution in [2.45, 2.75) is 19.3 Å². The van der Waals surface area contributed by atoms with Crippen LogP contribution in [0.2, 0.25) is 5.02 Å². The maximum Gasteiger partial charge on any atom is 0.224 e. The Hall–Kier alpha value is -1.30. The first-order valence-electron chi connectivity index (χ1n) is 7.26. The first-order valence-corrected chi connectivity index (χ1v) is 7.64. The number of amides is 1. The van der Waals surface area contributed by atoms with Gasteiger partial charge >= 0.3 is 0 Å². The van der Waals surface area contributed by atoms with Crippen molar-refractivity contribution in [1.29, 1.82) is 0 Å². The van der Waals surface area contributed by atoms with Crippen LogP contribution in [0.4, 0.5) is 11.4 Å². The third-order valence-electron chi connectivity index (χ3n) is 3.80. The van der Waals surface area contributed by atoms with Crippen LogP contribution in [0.5, 0.6) is 0 Å². The largest absolute Gasteiger partial charge is 0.397 e. The molecule has 0 bridgehead atoms. The van der Waals surface area contributed by atoms with Gasteiger partial charge < -0.3 is 21.1 Å². The van der Waals surface area contributed by atoms with Crippen molar-refractivity contribution < 1.29 is 9.90 Å². The minimum Gasteiger partial charge on any atom is -0.397 e. The van der Waals surface area contributed by atoms with E-state index in [1.807, 2.05) is 0 Å². The number of nitrogens with two attached hydrogens (primary N) is 1. The molecule has 1 amide bonds. The average molecular weight is 312 g/mol. The Labute approximate surface area is 130 Å². The van der Waals surface area contributed by atoms with Gasteiger partial charge in [0.2, 0.25) is 5.91 Å². The number of likely N-dealkylation sites (tertiary alicyclic amines) is 1. The van der Waals surface area contributed by atoms with E-state index in [1.165, 1.54) is 0 Å². The van der Waals surface area contributed by atoms with Gasteiger partial charge in [0.15, 0.2) is 0 Å². The Morgan fingerprint density at radius 3 is 3.05 bits per heavy atom. The van der Waals surface area contributed by atoms with Gasteiger partial charge in [-0.15, -0.1) is 0 Å². The first-order chi connectivity index (χ1) is 10.1. The lowest BCUT2D eigenvalue weighted by Crippen LogP contribution is -2.24. The number of aliphatic hydroxyl groups is 1. The van der Waals surface area contributed by atoms with Crippen molar-refractivity contribution in [3.8, 4) is 0 Å². The zero-order valence-corrected chi connectivity index (χ0v) is 12.8. The summed E-state index contributed by atoms with van der Waals surface area (Å²) in [6.07, 6.45) is 2.29. The Morgan fingerprint density at radius 2 is 2.33 bits per heavy atom. The number of nitrogens with zero attached hydrogens (tertiary/aromatic N) is 1. The second kappa shape index (κ2) is 7.64. The van der Waals surface area contributed by atoms with Gasteiger partial charge in [0, 0.05) is 24.6 Å². The number of benzene rings is 1. The molecule has 116 valence electrons. The van der Waals surface area contributed by atoms with Gasteiger partial charge in [-0.3, -0.25) is 4.79 Å². The predicted octanol–water partition coefficient (Wildman–Crippen LogP) is 1.96. The van der Waals surface area contributed by atoms with Crippen LogP contribution in [0, 0.1) is 5.92 Å². The number of anilines is 2. The normalized spacial score (nSPS) is 18.9. The van der Waals surface area contributed by atoms with Crippen LogP contribution in [0.15, 0.2) is 18.2 Å². The second-order valence-corrected chi connectivity index (χ2v) is 5.96. The van der Waals surface area contributed by atoms with E-state index in [9.17, 15) is 4.79 Å². The molecular formula is C15H22ClN3O2. The van der Waals surface area contributed by atoms with Crippen LogP contribution in [-0.4, -0.2) is 42.2 Å². The summed E-state index contributed by atoms with van der Waals surface area (Å²) in [6, 6.07) is 5.02. The lowest BCUT2D eigenvalue weighted by molar-refractivity contribution is -0.116. The van der Waals surface area contributed by atoms with Gasteiger partial charge in [-0.25, -0.2) is 0 Å². The van der Waals surface area contributed by atoms with E-state index in [4.69, 9.17) is 22.4 Å².